The van der Waals surface area contributed by atoms with Crippen molar-refractivity contribution in [2.24, 2.45) is 11.7 Å². The summed E-state index contributed by atoms with van der Waals surface area (Å²) in [7, 11) is 0. The molecule has 1 aromatic heterocycles. The molecule has 3 unspecified atom stereocenters. The lowest BCUT2D eigenvalue weighted by molar-refractivity contribution is 0.492. The van der Waals surface area contributed by atoms with E-state index in [1.807, 2.05) is 0 Å². The smallest absolute Gasteiger partial charge is 0.134 e. The summed E-state index contributed by atoms with van der Waals surface area (Å²) in [5, 5.41) is 10.8. The van der Waals surface area contributed by atoms with Gasteiger partial charge < -0.3 is 5.73 Å². The zero-order valence-corrected chi connectivity index (χ0v) is 13.2. The fourth-order valence-corrected chi connectivity index (χ4v) is 3.50. The Morgan fingerprint density at radius 3 is 2.30 bits per heavy atom. The molecule has 0 bridgehead atoms. The quantitative estimate of drug-likeness (QED) is 0.870. The van der Waals surface area contributed by atoms with Gasteiger partial charge in [-0.05, 0) is 17.9 Å². The van der Waals surface area contributed by atoms with E-state index in [0.29, 0.717) is 11.8 Å². The van der Waals surface area contributed by atoms with Crippen molar-refractivity contribution >= 4 is 11.3 Å². The summed E-state index contributed by atoms with van der Waals surface area (Å²) in [5.41, 5.74) is 7.38. The van der Waals surface area contributed by atoms with Crippen LogP contribution in [0.15, 0.2) is 30.3 Å². The zero-order valence-electron chi connectivity index (χ0n) is 12.4. The maximum absolute atomic E-state index is 6.06. The zero-order chi connectivity index (χ0) is 14.5. The Morgan fingerprint density at radius 1 is 1.05 bits per heavy atom. The van der Waals surface area contributed by atoms with Gasteiger partial charge in [0.15, 0.2) is 0 Å². The van der Waals surface area contributed by atoms with E-state index in [1.165, 1.54) is 5.56 Å². The van der Waals surface area contributed by atoms with Crippen LogP contribution in [-0.4, -0.2) is 10.2 Å². The van der Waals surface area contributed by atoms with Gasteiger partial charge in [-0.15, -0.1) is 10.2 Å². The van der Waals surface area contributed by atoms with Crippen molar-refractivity contribution in [2.75, 3.05) is 0 Å². The molecular formula is C16H23N3S. The highest BCUT2D eigenvalue weighted by atomic mass is 32.1. The van der Waals surface area contributed by atoms with Crippen molar-refractivity contribution < 1.29 is 0 Å². The van der Waals surface area contributed by atoms with E-state index in [1.54, 1.807) is 11.3 Å². The SMILES string of the molecule is CCC(N)c1nnc(C(c2ccccc2)C(C)CC)s1. The van der Waals surface area contributed by atoms with Gasteiger partial charge in [-0.25, -0.2) is 0 Å². The molecule has 1 heterocycles. The minimum absolute atomic E-state index is 0.00889. The summed E-state index contributed by atoms with van der Waals surface area (Å²) in [6.45, 7) is 6.58. The van der Waals surface area contributed by atoms with E-state index >= 15 is 0 Å². The molecule has 2 N–H and O–H groups in total. The minimum atomic E-state index is 0.00889. The van der Waals surface area contributed by atoms with Gasteiger partial charge in [0.25, 0.3) is 0 Å². The molecule has 0 aliphatic heterocycles. The predicted octanol–water partition coefficient (Wildman–Crippen LogP) is 4.13. The van der Waals surface area contributed by atoms with E-state index in [2.05, 4.69) is 61.3 Å². The second-order valence-electron chi connectivity index (χ2n) is 5.27. The number of nitrogens with two attached hydrogens (primary N) is 1. The fraction of sp³-hybridized carbons (Fsp3) is 0.500. The van der Waals surface area contributed by atoms with Crippen LogP contribution in [0.5, 0.6) is 0 Å². The van der Waals surface area contributed by atoms with Crippen LogP contribution in [0.2, 0.25) is 0 Å². The van der Waals surface area contributed by atoms with Gasteiger partial charge in [0.2, 0.25) is 0 Å². The van der Waals surface area contributed by atoms with Crippen molar-refractivity contribution in [2.45, 2.75) is 45.6 Å². The number of hydrogen-bond acceptors (Lipinski definition) is 4. The standard InChI is InChI=1S/C16H23N3S/c1-4-11(3)14(12-9-7-6-8-10-12)16-19-18-15(20-16)13(17)5-2/h6-11,13-14H,4-5,17H2,1-3H3. The molecule has 2 aromatic rings. The van der Waals surface area contributed by atoms with E-state index in [9.17, 15) is 0 Å². The number of nitrogens with zero attached hydrogens (tertiary/aromatic N) is 2. The first-order chi connectivity index (χ1) is 9.67. The monoisotopic (exact) mass is 289 g/mol. The largest absolute Gasteiger partial charge is 0.322 e. The molecule has 0 saturated carbocycles. The molecule has 1 aromatic carbocycles. The van der Waals surface area contributed by atoms with E-state index in [-0.39, 0.29) is 6.04 Å². The molecule has 0 saturated heterocycles. The molecule has 2 rings (SSSR count). The second kappa shape index (κ2) is 6.95. The van der Waals surface area contributed by atoms with Crippen LogP contribution >= 0.6 is 11.3 Å². The normalized spacial score (nSPS) is 15.8. The van der Waals surface area contributed by atoms with Crippen LogP contribution in [0.1, 0.15) is 61.2 Å². The second-order valence-corrected chi connectivity index (χ2v) is 6.31. The van der Waals surface area contributed by atoms with Crippen molar-refractivity contribution in [3.8, 4) is 0 Å². The third kappa shape index (κ3) is 3.25. The van der Waals surface area contributed by atoms with Gasteiger partial charge in [0.05, 0.1) is 6.04 Å². The number of aromatic nitrogens is 2. The molecule has 3 nitrogen and oxygen atoms in total. The summed E-state index contributed by atoms with van der Waals surface area (Å²) < 4.78 is 0. The van der Waals surface area contributed by atoms with Crippen LogP contribution in [0.3, 0.4) is 0 Å². The van der Waals surface area contributed by atoms with Crippen molar-refractivity contribution in [3.05, 3.63) is 45.9 Å². The first kappa shape index (κ1) is 15.1. The summed E-state index contributed by atoms with van der Waals surface area (Å²) in [4.78, 5) is 0. The highest BCUT2D eigenvalue weighted by Gasteiger charge is 2.24. The van der Waals surface area contributed by atoms with Crippen LogP contribution in [0, 0.1) is 5.92 Å². The first-order valence-electron chi connectivity index (χ1n) is 7.31. The lowest BCUT2D eigenvalue weighted by atomic mass is 9.86. The average Bonchev–Trinajstić information content (AvgIpc) is 2.97. The van der Waals surface area contributed by atoms with Crippen LogP contribution in [0.4, 0.5) is 0 Å². The van der Waals surface area contributed by atoms with E-state index in [0.717, 1.165) is 22.9 Å². The Labute approximate surface area is 125 Å². The topological polar surface area (TPSA) is 51.8 Å². The van der Waals surface area contributed by atoms with Gasteiger partial charge in [-0.2, -0.15) is 0 Å². The molecule has 0 spiro atoms. The predicted molar refractivity (Wildman–Crippen MR) is 84.9 cm³/mol. The first-order valence-corrected chi connectivity index (χ1v) is 8.12. The lowest BCUT2D eigenvalue weighted by Gasteiger charge is -2.20. The van der Waals surface area contributed by atoms with E-state index in [4.69, 9.17) is 5.73 Å². The van der Waals surface area contributed by atoms with Gasteiger partial charge in [-0.3, -0.25) is 0 Å². The third-order valence-corrected chi connectivity index (χ3v) is 4.99. The molecule has 4 heteroatoms. The van der Waals surface area contributed by atoms with E-state index < -0.39 is 0 Å². The third-order valence-electron chi connectivity index (χ3n) is 3.85. The summed E-state index contributed by atoms with van der Waals surface area (Å²) >= 11 is 1.66. The Morgan fingerprint density at radius 2 is 1.70 bits per heavy atom. The highest BCUT2D eigenvalue weighted by molar-refractivity contribution is 7.11. The van der Waals surface area contributed by atoms with Crippen molar-refractivity contribution in [1.29, 1.82) is 0 Å². The highest BCUT2D eigenvalue weighted by Crippen LogP contribution is 2.36. The minimum Gasteiger partial charge on any atom is -0.322 e. The summed E-state index contributed by atoms with van der Waals surface area (Å²) in [5.74, 6) is 0.854. The number of benzene rings is 1. The molecule has 108 valence electrons. The van der Waals surface area contributed by atoms with Gasteiger partial charge in [0, 0.05) is 5.92 Å². The summed E-state index contributed by atoms with van der Waals surface area (Å²) in [6, 6.07) is 10.6. The lowest BCUT2D eigenvalue weighted by Crippen LogP contribution is -2.10. The molecular weight excluding hydrogens is 266 g/mol. The van der Waals surface area contributed by atoms with Crippen molar-refractivity contribution in [3.63, 3.8) is 0 Å². The van der Waals surface area contributed by atoms with Crippen LogP contribution in [-0.2, 0) is 0 Å². The Hall–Kier alpha value is -1.26. The maximum Gasteiger partial charge on any atom is 0.134 e. The molecule has 0 aliphatic rings. The van der Waals surface area contributed by atoms with Crippen molar-refractivity contribution in [1.82, 2.24) is 10.2 Å². The Bertz CT molecular complexity index is 524. The fourth-order valence-electron chi connectivity index (χ4n) is 2.31. The number of rotatable bonds is 6. The van der Waals surface area contributed by atoms with Gasteiger partial charge in [0.1, 0.15) is 10.0 Å². The van der Waals surface area contributed by atoms with Gasteiger partial charge in [-0.1, -0.05) is 68.9 Å². The van der Waals surface area contributed by atoms with Gasteiger partial charge >= 0.3 is 0 Å². The molecule has 0 radical (unpaired) electrons. The van der Waals surface area contributed by atoms with Crippen LogP contribution < -0.4 is 5.73 Å². The molecule has 0 fully saturated rings. The van der Waals surface area contributed by atoms with Crippen LogP contribution in [0.25, 0.3) is 0 Å². The Balaban J connectivity index is 2.35. The molecule has 3 atom stereocenters. The maximum atomic E-state index is 6.06. The molecule has 20 heavy (non-hydrogen) atoms. The number of hydrogen-bond donors (Lipinski definition) is 1. The molecule has 0 amide bonds. The summed E-state index contributed by atoms with van der Waals surface area (Å²) in [6.07, 6.45) is 2.02. The Kier molecular flexibility index (Phi) is 5.26. The molecule has 0 aliphatic carbocycles. The average molecular weight is 289 g/mol.